The van der Waals surface area contributed by atoms with Crippen molar-refractivity contribution in [2.75, 3.05) is 6.61 Å². The van der Waals surface area contributed by atoms with Crippen LogP contribution in [0.1, 0.15) is 25.8 Å². The topological polar surface area (TPSA) is 35.0 Å². The molecule has 78 valence electrons. The fourth-order valence-electron chi connectivity index (χ4n) is 0.951. The molecule has 0 saturated carbocycles. The van der Waals surface area contributed by atoms with Crippen LogP contribution in [-0.4, -0.2) is 16.6 Å². The van der Waals surface area contributed by atoms with Crippen molar-refractivity contribution < 1.29 is 4.74 Å². The average Bonchev–Trinajstić information content (AvgIpc) is 2.12. The van der Waals surface area contributed by atoms with E-state index in [9.17, 15) is 0 Å². The third kappa shape index (κ3) is 3.14. The van der Waals surface area contributed by atoms with Crippen LogP contribution in [0.3, 0.4) is 0 Å². The zero-order valence-electron chi connectivity index (χ0n) is 8.75. The standard InChI is InChI=1S/C10H15ClN2O/c1-7(2)4-5-14-10-8(3)9(11)12-6-13-10/h6-7H,4-5H2,1-3H3. The highest BCUT2D eigenvalue weighted by atomic mass is 35.5. The highest BCUT2D eigenvalue weighted by Gasteiger charge is 2.05. The first-order valence-electron chi connectivity index (χ1n) is 4.71. The zero-order valence-corrected chi connectivity index (χ0v) is 9.51. The molecule has 14 heavy (non-hydrogen) atoms. The van der Waals surface area contributed by atoms with Crippen molar-refractivity contribution in [1.82, 2.24) is 9.97 Å². The van der Waals surface area contributed by atoms with Gasteiger partial charge >= 0.3 is 0 Å². The van der Waals surface area contributed by atoms with Crippen LogP contribution in [0.15, 0.2) is 6.33 Å². The monoisotopic (exact) mass is 214 g/mol. The second-order valence-corrected chi connectivity index (χ2v) is 3.98. The predicted octanol–water partition coefficient (Wildman–Crippen LogP) is 2.86. The zero-order chi connectivity index (χ0) is 10.6. The molecule has 0 spiro atoms. The summed E-state index contributed by atoms with van der Waals surface area (Å²) in [5, 5.41) is 0.458. The molecule has 0 aromatic carbocycles. The number of rotatable bonds is 4. The molecule has 1 aromatic heterocycles. The van der Waals surface area contributed by atoms with E-state index in [0.717, 1.165) is 12.0 Å². The minimum atomic E-state index is 0.458. The van der Waals surface area contributed by atoms with Crippen molar-refractivity contribution in [1.29, 1.82) is 0 Å². The summed E-state index contributed by atoms with van der Waals surface area (Å²) in [6.07, 6.45) is 2.43. The number of halogens is 1. The Morgan fingerprint density at radius 1 is 1.43 bits per heavy atom. The molecule has 0 aliphatic rings. The normalized spacial score (nSPS) is 10.6. The minimum absolute atomic E-state index is 0.458. The minimum Gasteiger partial charge on any atom is -0.477 e. The van der Waals surface area contributed by atoms with Gasteiger partial charge in [0.25, 0.3) is 0 Å². The van der Waals surface area contributed by atoms with Gasteiger partial charge in [0.2, 0.25) is 5.88 Å². The van der Waals surface area contributed by atoms with E-state index >= 15 is 0 Å². The number of aromatic nitrogens is 2. The van der Waals surface area contributed by atoms with E-state index in [2.05, 4.69) is 23.8 Å². The third-order valence-corrected chi connectivity index (χ3v) is 2.29. The first kappa shape index (κ1) is 11.2. The Bertz CT molecular complexity index is 302. The summed E-state index contributed by atoms with van der Waals surface area (Å²) in [7, 11) is 0. The Morgan fingerprint density at radius 2 is 2.14 bits per heavy atom. The lowest BCUT2D eigenvalue weighted by Gasteiger charge is -2.09. The van der Waals surface area contributed by atoms with Crippen molar-refractivity contribution in [3.8, 4) is 5.88 Å². The lowest BCUT2D eigenvalue weighted by molar-refractivity contribution is 0.277. The van der Waals surface area contributed by atoms with Gasteiger partial charge in [-0.15, -0.1) is 0 Å². The van der Waals surface area contributed by atoms with Crippen LogP contribution < -0.4 is 4.74 Å². The van der Waals surface area contributed by atoms with Gasteiger partial charge < -0.3 is 4.74 Å². The van der Waals surface area contributed by atoms with Gasteiger partial charge in [0.15, 0.2) is 0 Å². The van der Waals surface area contributed by atoms with Gasteiger partial charge in [-0.2, -0.15) is 0 Å². The number of ether oxygens (including phenoxy) is 1. The molecule has 0 atom stereocenters. The van der Waals surface area contributed by atoms with Gasteiger partial charge in [0.1, 0.15) is 11.5 Å². The number of nitrogens with zero attached hydrogens (tertiary/aromatic N) is 2. The van der Waals surface area contributed by atoms with Gasteiger partial charge in [0, 0.05) is 5.56 Å². The van der Waals surface area contributed by atoms with Gasteiger partial charge in [0.05, 0.1) is 6.61 Å². The van der Waals surface area contributed by atoms with Gasteiger partial charge in [-0.25, -0.2) is 9.97 Å². The highest BCUT2D eigenvalue weighted by Crippen LogP contribution is 2.20. The Kier molecular flexibility index (Phi) is 4.14. The van der Waals surface area contributed by atoms with E-state index in [1.54, 1.807) is 0 Å². The van der Waals surface area contributed by atoms with Crippen molar-refractivity contribution >= 4 is 11.6 Å². The quantitative estimate of drug-likeness (QED) is 0.723. The molecule has 1 heterocycles. The molecule has 0 N–H and O–H groups in total. The smallest absolute Gasteiger partial charge is 0.220 e. The SMILES string of the molecule is Cc1c(Cl)ncnc1OCCC(C)C. The summed E-state index contributed by atoms with van der Waals surface area (Å²) in [5.41, 5.74) is 0.804. The van der Waals surface area contributed by atoms with E-state index in [1.165, 1.54) is 6.33 Å². The summed E-state index contributed by atoms with van der Waals surface area (Å²) >= 11 is 5.82. The molecule has 0 aliphatic carbocycles. The largest absolute Gasteiger partial charge is 0.477 e. The second-order valence-electron chi connectivity index (χ2n) is 3.63. The second kappa shape index (κ2) is 5.15. The van der Waals surface area contributed by atoms with Crippen LogP contribution >= 0.6 is 11.6 Å². The van der Waals surface area contributed by atoms with Crippen molar-refractivity contribution in [3.05, 3.63) is 17.0 Å². The van der Waals surface area contributed by atoms with E-state index in [1.807, 2.05) is 6.92 Å². The lowest BCUT2D eigenvalue weighted by atomic mass is 10.1. The fourth-order valence-corrected chi connectivity index (χ4v) is 1.08. The molecule has 0 aliphatic heterocycles. The lowest BCUT2D eigenvalue weighted by Crippen LogP contribution is -2.04. The molecular formula is C10H15ClN2O. The maximum Gasteiger partial charge on any atom is 0.220 e. The van der Waals surface area contributed by atoms with Crippen molar-refractivity contribution in [3.63, 3.8) is 0 Å². The molecule has 4 heteroatoms. The molecule has 1 rings (SSSR count). The summed E-state index contributed by atoms with van der Waals surface area (Å²) in [6, 6.07) is 0. The summed E-state index contributed by atoms with van der Waals surface area (Å²) < 4.78 is 5.49. The molecule has 0 fully saturated rings. The van der Waals surface area contributed by atoms with Gasteiger partial charge in [-0.05, 0) is 19.3 Å². The molecular weight excluding hydrogens is 200 g/mol. The molecule has 3 nitrogen and oxygen atoms in total. The van der Waals surface area contributed by atoms with Crippen LogP contribution in [0.2, 0.25) is 5.15 Å². The summed E-state index contributed by atoms with van der Waals surface area (Å²) in [4.78, 5) is 7.88. The fraction of sp³-hybridized carbons (Fsp3) is 0.600. The first-order chi connectivity index (χ1) is 6.61. The van der Waals surface area contributed by atoms with Crippen LogP contribution in [0.4, 0.5) is 0 Å². The Hall–Kier alpha value is -0.830. The van der Waals surface area contributed by atoms with Crippen LogP contribution in [0.25, 0.3) is 0 Å². The third-order valence-electron chi connectivity index (χ3n) is 1.91. The van der Waals surface area contributed by atoms with E-state index in [0.29, 0.717) is 23.6 Å². The van der Waals surface area contributed by atoms with Crippen molar-refractivity contribution in [2.24, 2.45) is 5.92 Å². The van der Waals surface area contributed by atoms with Gasteiger partial charge in [-0.3, -0.25) is 0 Å². The molecule has 1 aromatic rings. The van der Waals surface area contributed by atoms with Gasteiger partial charge in [-0.1, -0.05) is 25.4 Å². The maximum absolute atomic E-state index is 5.82. The number of hydrogen-bond donors (Lipinski definition) is 0. The molecule has 0 saturated heterocycles. The van der Waals surface area contributed by atoms with E-state index in [4.69, 9.17) is 16.3 Å². The Morgan fingerprint density at radius 3 is 2.79 bits per heavy atom. The summed E-state index contributed by atoms with van der Waals surface area (Å²) in [6.45, 7) is 6.84. The highest BCUT2D eigenvalue weighted by molar-refractivity contribution is 6.30. The Balaban J connectivity index is 2.54. The summed E-state index contributed by atoms with van der Waals surface area (Å²) in [5.74, 6) is 1.22. The molecule has 0 bridgehead atoms. The Labute approximate surface area is 89.5 Å². The molecule has 0 unspecified atom stereocenters. The maximum atomic E-state index is 5.82. The first-order valence-corrected chi connectivity index (χ1v) is 5.09. The average molecular weight is 215 g/mol. The molecule has 0 radical (unpaired) electrons. The van der Waals surface area contributed by atoms with E-state index in [-0.39, 0.29) is 0 Å². The van der Waals surface area contributed by atoms with Crippen LogP contribution in [0, 0.1) is 12.8 Å². The van der Waals surface area contributed by atoms with Crippen molar-refractivity contribution in [2.45, 2.75) is 27.2 Å². The van der Waals surface area contributed by atoms with Crippen LogP contribution in [0.5, 0.6) is 5.88 Å². The van der Waals surface area contributed by atoms with Crippen LogP contribution in [-0.2, 0) is 0 Å². The van der Waals surface area contributed by atoms with E-state index < -0.39 is 0 Å². The molecule has 0 amide bonds. The number of hydrogen-bond acceptors (Lipinski definition) is 3. The predicted molar refractivity (Wildman–Crippen MR) is 56.7 cm³/mol.